The fraction of sp³-hybridized carbons (Fsp3) is 0.0500. The number of nitrogens with one attached hydrogen (secondary N) is 2. The lowest BCUT2D eigenvalue weighted by molar-refractivity contribution is -0.385. The van der Waals surface area contributed by atoms with E-state index in [1.165, 1.54) is 24.3 Å². The maximum Gasteiger partial charge on any atom is 0.283 e. The number of amides is 1. The first-order valence-corrected chi connectivity index (χ1v) is 10.5. The minimum atomic E-state index is -3.82. The van der Waals surface area contributed by atoms with Gasteiger partial charge >= 0.3 is 0 Å². The summed E-state index contributed by atoms with van der Waals surface area (Å²) >= 11 is 5.77. The van der Waals surface area contributed by atoms with Crippen LogP contribution in [0.5, 0.6) is 0 Å². The summed E-state index contributed by atoms with van der Waals surface area (Å²) in [6.07, 6.45) is 0. The Morgan fingerprint density at radius 2 is 1.67 bits per heavy atom. The Labute approximate surface area is 177 Å². The van der Waals surface area contributed by atoms with Crippen molar-refractivity contribution in [3.05, 3.63) is 99.1 Å². The van der Waals surface area contributed by atoms with Crippen molar-refractivity contribution in [2.24, 2.45) is 0 Å². The fourth-order valence-corrected chi connectivity index (χ4v) is 3.98. The summed E-state index contributed by atoms with van der Waals surface area (Å²) in [6, 6.07) is 18.1. The summed E-state index contributed by atoms with van der Waals surface area (Å²) in [5.74, 6) is -0.681. The number of nitrogens with zero attached hydrogens (tertiary/aromatic N) is 1. The van der Waals surface area contributed by atoms with Crippen molar-refractivity contribution < 1.29 is 18.1 Å². The van der Waals surface area contributed by atoms with Gasteiger partial charge in [0.15, 0.2) is 0 Å². The van der Waals surface area contributed by atoms with Gasteiger partial charge in [-0.15, -0.1) is 0 Å². The molecule has 0 radical (unpaired) electrons. The molecule has 0 spiro atoms. The Kier molecular flexibility index (Phi) is 6.34. The number of benzene rings is 3. The van der Waals surface area contributed by atoms with Gasteiger partial charge in [-0.3, -0.25) is 19.6 Å². The Morgan fingerprint density at radius 3 is 2.37 bits per heavy atom. The van der Waals surface area contributed by atoms with Gasteiger partial charge in [-0.2, -0.15) is 0 Å². The van der Waals surface area contributed by atoms with Crippen molar-refractivity contribution in [1.82, 2.24) is 5.32 Å². The summed E-state index contributed by atoms with van der Waals surface area (Å²) in [4.78, 5) is 23.1. The minimum absolute atomic E-state index is 0.0495. The Balaban J connectivity index is 1.80. The predicted molar refractivity (Wildman–Crippen MR) is 113 cm³/mol. The second kappa shape index (κ2) is 8.93. The normalized spacial score (nSPS) is 11.0. The molecule has 3 aromatic rings. The zero-order valence-electron chi connectivity index (χ0n) is 15.4. The zero-order chi connectivity index (χ0) is 21.7. The van der Waals surface area contributed by atoms with Gasteiger partial charge in [-0.1, -0.05) is 48.0 Å². The van der Waals surface area contributed by atoms with Crippen LogP contribution in [0.4, 0.5) is 11.4 Å². The predicted octanol–water partition coefficient (Wildman–Crippen LogP) is 3.98. The van der Waals surface area contributed by atoms with Crippen LogP contribution in [0.3, 0.4) is 0 Å². The average Bonchev–Trinajstić information content (AvgIpc) is 2.73. The topological polar surface area (TPSA) is 118 Å². The van der Waals surface area contributed by atoms with Gasteiger partial charge in [0.2, 0.25) is 0 Å². The van der Waals surface area contributed by atoms with E-state index in [0.29, 0.717) is 5.56 Å². The molecular formula is C20H16ClN3O5S. The van der Waals surface area contributed by atoms with Crippen LogP contribution in [0.1, 0.15) is 15.9 Å². The summed E-state index contributed by atoms with van der Waals surface area (Å²) in [7, 11) is -3.82. The number of carbonyl (C=O) groups excluding carboxylic acids is 1. The number of halogens is 1. The van der Waals surface area contributed by atoms with Crippen LogP contribution in [0.25, 0.3) is 0 Å². The van der Waals surface area contributed by atoms with E-state index in [4.69, 9.17) is 11.6 Å². The van der Waals surface area contributed by atoms with Crippen LogP contribution >= 0.6 is 11.6 Å². The van der Waals surface area contributed by atoms with E-state index >= 15 is 0 Å². The number of nitro groups is 1. The van der Waals surface area contributed by atoms with Gasteiger partial charge in [0.25, 0.3) is 21.6 Å². The standard InChI is InChI=1S/C20H16ClN3O5S/c21-15-10-11-17(19(12-15)24(26)27)20(25)22-13-14-6-4-5-9-18(14)23-30(28,29)16-7-2-1-3-8-16/h1-12,23H,13H2,(H,22,25). The van der Waals surface area contributed by atoms with E-state index in [9.17, 15) is 23.3 Å². The minimum Gasteiger partial charge on any atom is -0.348 e. The van der Waals surface area contributed by atoms with Gasteiger partial charge in [-0.05, 0) is 35.9 Å². The van der Waals surface area contributed by atoms with E-state index in [0.717, 1.165) is 6.07 Å². The van der Waals surface area contributed by atoms with Gasteiger partial charge < -0.3 is 5.32 Å². The highest BCUT2D eigenvalue weighted by atomic mass is 35.5. The third kappa shape index (κ3) is 4.94. The molecular weight excluding hydrogens is 430 g/mol. The van der Waals surface area contributed by atoms with Crippen molar-refractivity contribution in [2.75, 3.05) is 4.72 Å². The van der Waals surface area contributed by atoms with Crippen molar-refractivity contribution in [3.63, 3.8) is 0 Å². The van der Waals surface area contributed by atoms with Crippen molar-refractivity contribution in [1.29, 1.82) is 0 Å². The third-order valence-electron chi connectivity index (χ3n) is 4.16. The van der Waals surface area contributed by atoms with Crippen LogP contribution in [0.2, 0.25) is 5.02 Å². The van der Waals surface area contributed by atoms with E-state index in [1.807, 2.05) is 0 Å². The highest BCUT2D eigenvalue weighted by Crippen LogP contribution is 2.24. The molecule has 0 bridgehead atoms. The van der Waals surface area contributed by atoms with Gasteiger partial charge in [0.1, 0.15) is 5.56 Å². The fourth-order valence-electron chi connectivity index (χ4n) is 2.70. The van der Waals surface area contributed by atoms with Crippen molar-refractivity contribution >= 4 is 38.9 Å². The number of rotatable bonds is 7. The summed E-state index contributed by atoms with van der Waals surface area (Å²) in [5.41, 5.74) is 0.207. The molecule has 10 heteroatoms. The van der Waals surface area contributed by atoms with Crippen LogP contribution in [-0.4, -0.2) is 19.2 Å². The maximum absolute atomic E-state index is 12.6. The van der Waals surface area contributed by atoms with Crippen LogP contribution in [0, 0.1) is 10.1 Å². The molecule has 0 fully saturated rings. The highest BCUT2D eigenvalue weighted by molar-refractivity contribution is 7.92. The summed E-state index contributed by atoms with van der Waals surface area (Å²) in [5, 5.41) is 13.9. The first-order chi connectivity index (χ1) is 14.3. The lowest BCUT2D eigenvalue weighted by atomic mass is 10.1. The van der Waals surface area contributed by atoms with E-state index in [2.05, 4.69) is 10.0 Å². The molecule has 0 atom stereocenters. The number of carbonyl (C=O) groups is 1. The first-order valence-electron chi connectivity index (χ1n) is 8.66. The highest BCUT2D eigenvalue weighted by Gasteiger charge is 2.21. The molecule has 154 valence electrons. The lowest BCUT2D eigenvalue weighted by Gasteiger charge is -2.13. The molecule has 0 saturated heterocycles. The molecule has 0 aromatic heterocycles. The molecule has 30 heavy (non-hydrogen) atoms. The third-order valence-corrected chi connectivity index (χ3v) is 5.77. The molecule has 1 amide bonds. The molecule has 8 nitrogen and oxygen atoms in total. The lowest BCUT2D eigenvalue weighted by Crippen LogP contribution is -2.24. The Hall–Kier alpha value is -3.43. The molecule has 2 N–H and O–H groups in total. The molecule has 0 unspecified atom stereocenters. The van der Waals surface area contributed by atoms with E-state index in [1.54, 1.807) is 42.5 Å². The van der Waals surface area contributed by atoms with Crippen LogP contribution < -0.4 is 10.0 Å². The zero-order valence-corrected chi connectivity index (χ0v) is 17.0. The second-order valence-corrected chi connectivity index (χ2v) is 8.30. The number of hydrogen-bond acceptors (Lipinski definition) is 5. The molecule has 3 rings (SSSR count). The molecule has 0 heterocycles. The summed E-state index contributed by atoms with van der Waals surface area (Å²) < 4.78 is 27.7. The van der Waals surface area contributed by atoms with Crippen molar-refractivity contribution in [3.8, 4) is 0 Å². The largest absolute Gasteiger partial charge is 0.348 e. The second-order valence-electron chi connectivity index (χ2n) is 6.18. The van der Waals surface area contributed by atoms with E-state index < -0.39 is 26.5 Å². The van der Waals surface area contributed by atoms with Gasteiger partial charge in [0.05, 0.1) is 15.5 Å². The van der Waals surface area contributed by atoms with Gasteiger partial charge in [-0.25, -0.2) is 8.42 Å². The SMILES string of the molecule is O=C(NCc1ccccc1NS(=O)(=O)c1ccccc1)c1ccc(Cl)cc1[N+](=O)[O-]. The van der Waals surface area contributed by atoms with E-state index in [-0.39, 0.29) is 27.7 Å². The molecule has 0 aliphatic heterocycles. The summed E-state index contributed by atoms with van der Waals surface area (Å²) in [6.45, 7) is -0.0495. The maximum atomic E-state index is 12.6. The number of hydrogen-bond donors (Lipinski definition) is 2. The number of para-hydroxylation sites is 1. The van der Waals surface area contributed by atoms with Gasteiger partial charge in [0, 0.05) is 17.6 Å². The average molecular weight is 446 g/mol. The number of nitro benzene ring substituents is 1. The molecule has 0 aliphatic carbocycles. The quantitative estimate of drug-likeness (QED) is 0.421. The number of sulfonamides is 1. The van der Waals surface area contributed by atoms with Crippen LogP contribution in [-0.2, 0) is 16.6 Å². The first kappa shape index (κ1) is 21.3. The molecule has 0 aliphatic rings. The van der Waals surface area contributed by atoms with Crippen LogP contribution in [0.15, 0.2) is 77.7 Å². The molecule has 0 saturated carbocycles. The number of anilines is 1. The Morgan fingerprint density at radius 1 is 1.00 bits per heavy atom. The molecule has 3 aromatic carbocycles. The Bertz CT molecular complexity index is 1200. The monoisotopic (exact) mass is 445 g/mol. The van der Waals surface area contributed by atoms with Crippen molar-refractivity contribution in [2.45, 2.75) is 11.4 Å². The smallest absolute Gasteiger partial charge is 0.283 e.